The van der Waals surface area contributed by atoms with Crippen LogP contribution in [0.2, 0.25) is 0 Å². The van der Waals surface area contributed by atoms with Crippen molar-refractivity contribution in [2.75, 3.05) is 39.6 Å². The van der Waals surface area contributed by atoms with E-state index < -0.39 is 97.5 Å². The highest BCUT2D eigenvalue weighted by molar-refractivity contribution is 7.47. The van der Waals surface area contributed by atoms with Crippen LogP contribution in [-0.4, -0.2) is 96.7 Å². The summed E-state index contributed by atoms with van der Waals surface area (Å²) in [5.41, 5.74) is 0. The van der Waals surface area contributed by atoms with Crippen LogP contribution in [0.15, 0.2) is 24.3 Å². The lowest BCUT2D eigenvalue weighted by Gasteiger charge is -2.21. The Kier molecular flexibility index (Phi) is 60.9. The molecule has 0 spiro atoms. The number of aliphatic hydroxyl groups excluding tert-OH is 1. The second kappa shape index (κ2) is 62.6. The molecule has 17 nitrogen and oxygen atoms in total. The molecule has 0 aromatic carbocycles. The summed E-state index contributed by atoms with van der Waals surface area (Å²) in [6.07, 6.45) is 51.2. The van der Waals surface area contributed by atoms with Crippen LogP contribution in [0.1, 0.15) is 337 Å². The van der Waals surface area contributed by atoms with Crippen molar-refractivity contribution in [2.45, 2.75) is 355 Å². The number of unbranched alkanes of at least 4 members (excludes halogenated alkanes) is 35. The van der Waals surface area contributed by atoms with Crippen molar-refractivity contribution >= 4 is 39.5 Å². The zero-order valence-corrected chi connectivity index (χ0v) is 59.7. The van der Waals surface area contributed by atoms with E-state index in [1.54, 1.807) is 0 Å². The van der Waals surface area contributed by atoms with Crippen LogP contribution in [-0.2, 0) is 65.4 Å². The van der Waals surface area contributed by atoms with Crippen LogP contribution in [0.5, 0.6) is 0 Å². The Morgan fingerprint density at radius 1 is 0.344 bits per heavy atom. The molecule has 0 aromatic heterocycles. The number of esters is 4. The third kappa shape index (κ3) is 64.3. The fourth-order valence-electron chi connectivity index (χ4n) is 10.2. The van der Waals surface area contributed by atoms with Gasteiger partial charge in [-0.3, -0.25) is 37.3 Å². The molecule has 0 rings (SSSR count). The molecular formula is C71H134O17P2. The number of hydrogen-bond acceptors (Lipinski definition) is 15. The normalized spacial score (nSPS) is 14.3. The van der Waals surface area contributed by atoms with Crippen molar-refractivity contribution in [1.82, 2.24) is 0 Å². The number of ether oxygens (including phenoxy) is 4. The second-order valence-corrected chi connectivity index (χ2v) is 28.8. The summed E-state index contributed by atoms with van der Waals surface area (Å²) in [6, 6.07) is 0. The first-order chi connectivity index (χ1) is 43.4. The van der Waals surface area contributed by atoms with Gasteiger partial charge in [-0.05, 0) is 63.2 Å². The molecule has 0 aromatic rings. The van der Waals surface area contributed by atoms with Crippen molar-refractivity contribution in [3.63, 3.8) is 0 Å². The lowest BCUT2D eigenvalue weighted by atomic mass is 10.0. The molecule has 0 saturated carbocycles. The molecule has 0 heterocycles. The summed E-state index contributed by atoms with van der Waals surface area (Å²) in [7, 11) is -9.91. The van der Waals surface area contributed by atoms with Crippen LogP contribution in [0.25, 0.3) is 0 Å². The molecule has 0 saturated heterocycles. The highest BCUT2D eigenvalue weighted by Crippen LogP contribution is 2.45. The van der Waals surface area contributed by atoms with Gasteiger partial charge in [0.2, 0.25) is 0 Å². The van der Waals surface area contributed by atoms with Crippen molar-refractivity contribution in [2.24, 2.45) is 11.8 Å². The van der Waals surface area contributed by atoms with Crippen molar-refractivity contribution in [3.05, 3.63) is 24.3 Å². The Balaban J connectivity index is 5.21. The van der Waals surface area contributed by atoms with E-state index in [1.165, 1.54) is 122 Å². The zero-order chi connectivity index (χ0) is 66.5. The van der Waals surface area contributed by atoms with Crippen LogP contribution in [0, 0.1) is 11.8 Å². The van der Waals surface area contributed by atoms with Gasteiger partial charge in [0.15, 0.2) is 12.2 Å². The Morgan fingerprint density at radius 2 is 0.600 bits per heavy atom. The van der Waals surface area contributed by atoms with Gasteiger partial charge in [-0.15, -0.1) is 0 Å². The van der Waals surface area contributed by atoms with E-state index in [9.17, 15) is 43.2 Å². The molecule has 5 atom stereocenters. The predicted octanol–water partition coefficient (Wildman–Crippen LogP) is 19.9. The van der Waals surface area contributed by atoms with Gasteiger partial charge >= 0.3 is 39.5 Å². The summed E-state index contributed by atoms with van der Waals surface area (Å²) in [4.78, 5) is 72.3. The van der Waals surface area contributed by atoms with E-state index in [4.69, 9.17) is 37.0 Å². The van der Waals surface area contributed by atoms with Gasteiger partial charge in [0.1, 0.15) is 19.3 Å². The van der Waals surface area contributed by atoms with Crippen LogP contribution in [0.4, 0.5) is 0 Å². The van der Waals surface area contributed by atoms with E-state index in [0.29, 0.717) is 31.6 Å². The summed E-state index contributed by atoms with van der Waals surface area (Å²) in [6.45, 7) is 9.38. The number of carbonyl (C=O) groups is 4. The van der Waals surface area contributed by atoms with E-state index in [0.717, 1.165) is 128 Å². The van der Waals surface area contributed by atoms with Gasteiger partial charge in [-0.1, -0.05) is 284 Å². The number of phosphoric ester groups is 2. The Bertz CT molecular complexity index is 1850. The molecule has 90 heavy (non-hydrogen) atoms. The summed E-state index contributed by atoms with van der Waals surface area (Å²) >= 11 is 0. The van der Waals surface area contributed by atoms with Gasteiger partial charge in [-0.2, -0.15) is 0 Å². The van der Waals surface area contributed by atoms with E-state index in [1.807, 2.05) is 0 Å². The van der Waals surface area contributed by atoms with Crippen molar-refractivity contribution in [3.8, 4) is 0 Å². The highest BCUT2D eigenvalue weighted by Gasteiger charge is 2.30. The second-order valence-electron chi connectivity index (χ2n) is 25.9. The molecule has 3 N–H and O–H groups in total. The predicted molar refractivity (Wildman–Crippen MR) is 363 cm³/mol. The van der Waals surface area contributed by atoms with Crippen LogP contribution >= 0.6 is 15.6 Å². The average Bonchev–Trinajstić information content (AvgIpc) is 3.54. The number of aliphatic hydroxyl groups is 1. The topological polar surface area (TPSA) is 237 Å². The van der Waals surface area contributed by atoms with Gasteiger partial charge in [0, 0.05) is 25.7 Å². The largest absolute Gasteiger partial charge is 0.472 e. The number of allylic oxidation sites excluding steroid dienone is 4. The van der Waals surface area contributed by atoms with Crippen LogP contribution in [0.3, 0.4) is 0 Å². The Morgan fingerprint density at radius 3 is 0.911 bits per heavy atom. The molecule has 0 fully saturated rings. The van der Waals surface area contributed by atoms with E-state index >= 15 is 0 Å². The first-order valence-corrected chi connectivity index (χ1v) is 39.3. The third-order valence-electron chi connectivity index (χ3n) is 15.8. The molecule has 19 heteroatoms. The Labute approximate surface area is 548 Å². The average molecular weight is 1320 g/mol. The Hall–Kier alpha value is -2.46. The SMILES string of the molecule is CCCCCC/C=C\C=C/CCCCCCCC(=O)OC[C@H](COP(=O)(O)OC[C@@H](O)COP(=O)(O)OC[C@@H](COC(=O)CCCCCCCCC)OC(=O)CCCCCCCCC(C)C)OC(=O)CCCCCCCCCCCCCCCCCCC(C)C. The number of phosphoric acid groups is 2. The van der Waals surface area contributed by atoms with Crippen molar-refractivity contribution < 1.29 is 80.2 Å². The lowest BCUT2D eigenvalue weighted by Crippen LogP contribution is -2.30. The minimum atomic E-state index is -4.96. The van der Waals surface area contributed by atoms with Gasteiger partial charge in [0.05, 0.1) is 26.4 Å². The van der Waals surface area contributed by atoms with E-state index in [2.05, 4.69) is 65.8 Å². The molecule has 0 bridgehead atoms. The smallest absolute Gasteiger partial charge is 0.462 e. The quantitative estimate of drug-likeness (QED) is 0.0169. The molecule has 0 aliphatic carbocycles. The first kappa shape index (κ1) is 87.5. The molecule has 0 aliphatic rings. The van der Waals surface area contributed by atoms with Gasteiger partial charge in [0.25, 0.3) is 0 Å². The van der Waals surface area contributed by atoms with Crippen molar-refractivity contribution in [1.29, 1.82) is 0 Å². The minimum Gasteiger partial charge on any atom is -0.462 e. The number of hydrogen-bond donors (Lipinski definition) is 3. The minimum absolute atomic E-state index is 0.0994. The maximum absolute atomic E-state index is 13.0. The maximum Gasteiger partial charge on any atom is 0.472 e. The maximum atomic E-state index is 13.0. The molecule has 0 amide bonds. The standard InChI is InChI=1S/C71H134O17P2/c1-7-9-11-13-15-16-17-18-21-25-28-31-35-42-48-54-69(74)82-60-66(87-70(75)55-49-43-36-32-29-26-23-20-19-22-24-27-30-34-39-45-51-63(3)4)61-85-89(77,78)83-57-65(72)58-84-90(79,80)86-62-67(59-81-68(73)53-47-41-33-14-12-10-8-2)88-71(76)56-50-44-38-37-40-46-52-64(5)6/h16-18,21,63-67,72H,7-15,19-20,22-62H2,1-6H3,(H,77,78)(H,79,80)/b17-16-,21-18-/t65-,66-,67-/m1/s1. The monoisotopic (exact) mass is 1320 g/mol. The lowest BCUT2D eigenvalue weighted by molar-refractivity contribution is -0.161. The number of rotatable bonds is 68. The molecule has 0 aliphatic heterocycles. The third-order valence-corrected chi connectivity index (χ3v) is 17.7. The fraction of sp³-hybridized carbons (Fsp3) is 0.887. The van der Waals surface area contributed by atoms with Gasteiger partial charge in [-0.25, -0.2) is 9.13 Å². The van der Waals surface area contributed by atoms with E-state index in [-0.39, 0.29) is 25.7 Å². The summed E-state index contributed by atoms with van der Waals surface area (Å²) in [5.74, 6) is -0.688. The fourth-order valence-corrected chi connectivity index (χ4v) is 11.8. The summed E-state index contributed by atoms with van der Waals surface area (Å²) in [5, 5.41) is 10.6. The first-order valence-electron chi connectivity index (χ1n) is 36.3. The van der Waals surface area contributed by atoms with Gasteiger partial charge < -0.3 is 33.8 Å². The zero-order valence-electron chi connectivity index (χ0n) is 57.9. The molecular weight excluding hydrogens is 1190 g/mol. The number of carbonyl (C=O) groups excluding carboxylic acids is 4. The van der Waals surface area contributed by atoms with Crippen LogP contribution < -0.4 is 0 Å². The molecule has 530 valence electrons. The summed E-state index contributed by atoms with van der Waals surface area (Å²) < 4.78 is 68.1. The molecule has 0 radical (unpaired) electrons. The highest BCUT2D eigenvalue weighted by atomic mass is 31.2. The molecule has 2 unspecified atom stereocenters.